The Bertz CT molecular complexity index is 590. The van der Waals surface area contributed by atoms with Crippen LogP contribution in [0, 0.1) is 0 Å². The summed E-state index contributed by atoms with van der Waals surface area (Å²) in [5.74, 6) is 0.752. The number of nitrogens with zero attached hydrogens (tertiary/aromatic N) is 3. The fraction of sp³-hybridized carbons (Fsp3) is 0.556. The average molecular weight is 331 g/mol. The van der Waals surface area contributed by atoms with E-state index in [1.165, 1.54) is 4.90 Å². The van der Waals surface area contributed by atoms with E-state index in [9.17, 15) is 9.59 Å². The number of benzene rings is 1. The summed E-state index contributed by atoms with van der Waals surface area (Å²) >= 11 is 0. The Balaban J connectivity index is 1.80. The first-order chi connectivity index (χ1) is 11.5. The van der Waals surface area contributed by atoms with Crippen LogP contribution in [0.2, 0.25) is 0 Å². The van der Waals surface area contributed by atoms with E-state index in [2.05, 4.69) is 0 Å². The zero-order valence-corrected chi connectivity index (χ0v) is 14.6. The lowest BCUT2D eigenvalue weighted by atomic mass is 10.0. The van der Waals surface area contributed by atoms with Crippen LogP contribution >= 0.6 is 0 Å². The van der Waals surface area contributed by atoms with E-state index in [1.54, 1.807) is 12.0 Å². The van der Waals surface area contributed by atoms with Crippen molar-refractivity contribution in [3.63, 3.8) is 0 Å². The normalized spacial score (nSPS) is 22.1. The maximum Gasteiger partial charge on any atom is 0.327 e. The minimum Gasteiger partial charge on any atom is -0.497 e. The highest BCUT2D eigenvalue weighted by Crippen LogP contribution is 2.30. The Morgan fingerprint density at radius 2 is 1.92 bits per heavy atom. The predicted octanol–water partition coefficient (Wildman–Crippen LogP) is 2.11. The molecule has 3 rings (SSSR count). The molecule has 2 atom stereocenters. The summed E-state index contributed by atoms with van der Waals surface area (Å²) in [7, 11) is 5.57. The largest absolute Gasteiger partial charge is 0.497 e. The third-order valence-electron chi connectivity index (χ3n) is 5.01. The molecule has 0 aliphatic carbocycles. The fourth-order valence-corrected chi connectivity index (χ4v) is 3.58. The number of fused-ring (bicyclic) bond motifs is 1. The lowest BCUT2D eigenvalue weighted by molar-refractivity contribution is -0.129. The van der Waals surface area contributed by atoms with Crippen LogP contribution in [0.15, 0.2) is 24.3 Å². The third kappa shape index (κ3) is 2.98. The number of amides is 3. The van der Waals surface area contributed by atoms with E-state index >= 15 is 0 Å². The molecule has 0 unspecified atom stereocenters. The van der Waals surface area contributed by atoms with Crippen molar-refractivity contribution in [3.8, 4) is 5.75 Å². The van der Waals surface area contributed by atoms with Gasteiger partial charge in [-0.2, -0.15) is 0 Å². The second kappa shape index (κ2) is 6.81. The zero-order chi connectivity index (χ0) is 17.3. The van der Waals surface area contributed by atoms with Crippen LogP contribution in [0.3, 0.4) is 0 Å². The van der Waals surface area contributed by atoms with Crippen molar-refractivity contribution in [1.82, 2.24) is 14.7 Å². The molecule has 2 heterocycles. The van der Waals surface area contributed by atoms with Crippen LogP contribution in [0.5, 0.6) is 5.75 Å². The van der Waals surface area contributed by atoms with Gasteiger partial charge in [0.15, 0.2) is 0 Å². The number of likely N-dealkylation sites (N-methyl/N-ethyl adjacent to an activating group) is 1. The molecule has 1 aromatic rings. The van der Waals surface area contributed by atoms with Crippen LogP contribution in [-0.2, 0) is 4.79 Å². The first-order valence-corrected chi connectivity index (χ1v) is 8.45. The summed E-state index contributed by atoms with van der Waals surface area (Å²) in [5, 5.41) is 0. The third-order valence-corrected chi connectivity index (χ3v) is 5.01. The Labute approximate surface area is 143 Å². The number of piperidine rings is 1. The van der Waals surface area contributed by atoms with Gasteiger partial charge in [0.05, 0.1) is 19.7 Å². The molecule has 6 nitrogen and oxygen atoms in total. The van der Waals surface area contributed by atoms with Crippen LogP contribution in [0.4, 0.5) is 4.79 Å². The summed E-state index contributed by atoms with van der Waals surface area (Å²) in [6.07, 6.45) is 2.79. The molecule has 2 saturated heterocycles. The van der Waals surface area contributed by atoms with Crippen molar-refractivity contribution < 1.29 is 14.3 Å². The number of urea groups is 1. The molecule has 1 aromatic carbocycles. The van der Waals surface area contributed by atoms with Crippen molar-refractivity contribution in [3.05, 3.63) is 29.8 Å². The molecule has 0 saturated carbocycles. The van der Waals surface area contributed by atoms with Crippen molar-refractivity contribution in [2.75, 3.05) is 34.3 Å². The summed E-state index contributed by atoms with van der Waals surface area (Å²) in [6.45, 7) is 1.07. The summed E-state index contributed by atoms with van der Waals surface area (Å²) in [4.78, 5) is 30.5. The highest BCUT2D eigenvalue weighted by Gasteiger charge is 2.46. The standard InChI is InChI=1S/C18H25N3O3/c1-19(2)16(13-7-9-14(24-3)10-8-13)12-21-17(22)15-6-4-5-11-20(15)18(21)23/h7-10,15-16H,4-6,11-12H2,1-3H3/t15-,16+/m0/s1. The number of hydrogen-bond donors (Lipinski definition) is 0. The average Bonchev–Trinajstić information content (AvgIpc) is 2.84. The lowest BCUT2D eigenvalue weighted by Gasteiger charge is -2.28. The van der Waals surface area contributed by atoms with Gasteiger partial charge in [0.25, 0.3) is 5.91 Å². The minimum absolute atomic E-state index is 0.0369. The van der Waals surface area contributed by atoms with E-state index in [-0.39, 0.29) is 24.0 Å². The highest BCUT2D eigenvalue weighted by molar-refractivity contribution is 6.04. The fourth-order valence-electron chi connectivity index (χ4n) is 3.58. The van der Waals surface area contributed by atoms with E-state index in [4.69, 9.17) is 4.74 Å². The smallest absolute Gasteiger partial charge is 0.327 e. The topological polar surface area (TPSA) is 53.1 Å². The van der Waals surface area contributed by atoms with Crippen LogP contribution in [-0.4, -0.2) is 67.0 Å². The minimum atomic E-state index is -0.245. The molecule has 0 aromatic heterocycles. The van der Waals surface area contributed by atoms with Gasteiger partial charge in [0.2, 0.25) is 0 Å². The van der Waals surface area contributed by atoms with E-state index in [0.29, 0.717) is 13.1 Å². The first-order valence-electron chi connectivity index (χ1n) is 8.45. The first kappa shape index (κ1) is 16.8. The SMILES string of the molecule is COc1ccc([C@@H](CN2C(=O)[C@@H]3CCCCN3C2=O)N(C)C)cc1. The van der Waals surface area contributed by atoms with Crippen LogP contribution < -0.4 is 4.74 Å². The molecule has 0 bridgehead atoms. The highest BCUT2D eigenvalue weighted by atomic mass is 16.5. The van der Waals surface area contributed by atoms with Crippen molar-refractivity contribution in [2.24, 2.45) is 0 Å². The Hall–Kier alpha value is -2.08. The number of carbonyl (C=O) groups excluding carboxylic acids is 2. The van der Waals surface area contributed by atoms with Crippen molar-refractivity contribution >= 4 is 11.9 Å². The van der Waals surface area contributed by atoms with Crippen molar-refractivity contribution in [2.45, 2.75) is 31.3 Å². The number of imide groups is 1. The zero-order valence-electron chi connectivity index (χ0n) is 14.6. The van der Waals surface area contributed by atoms with E-state index in [0.717, 1.165) is 30.6 Å². The molecular formula is C18H25N3O3. The van der Waals surface area contributed by atoms with Gasteiger partial charge >= 0.3 is 6.03 Å². The van der Waals surface area contributed by atoms with Gasteiger partial charge in [-0.3, -0.25) is 9.69 Å². The molecule has 2 fully saturated rings. The molecular weight excluding hydrogens is 306 g/mol. The number of carbonyl (C=O) groups is 2. The van der Waals surface area contributed by atoms with Gasteiger partial charge in [-0.15, -0.1) is 0 Å². The molecule has 6 heteroatoms. The van der Waals surface area contributed by atoms with Crippen LogP contribution in [0.1, 0.15) is 30.9 Å². The molecule has 2 aliphatic heterocycles. The Morgan fingerprint density at radius 3 is 2.50 bits per heavy atom. The number of rotatable bonds is 5. The molecule has 2 aliphatic rings. The van der Waals surface area contributed by atoms with E-state index in [1.807, 2.05) is 43.3 Å². The van der Waals surface area contributed by atoms with Gasteiger partial charge in [-0.25, -0.2) is 4.79 Å². The quantitative estimate of drug-likeness (QED) is 0.776. The van der Waals surface area contributed by atoms with E-state index < -0.39 is 0 Å². The van der Waals surface area contributed by atoms with Crippen molar-refractivity contribution in [1.29, 1.82) is 0 Å². The maximum atomic E-state index is 12.7. The van der Waals surface area contributed by atoms with Crippen LogP contribution in [0.25, 0.3) is 0 Å². The molecule has 0 N–H and O–H groups in total. The second-order valence-corrected chi connectivity index (χ2v) is 6.69. The number of hydrogen-bond acceptors (Lipinski definition) is 4. The molecule has 0 spiro atoms. The van der Waals surface area contributed by atoms with Gasteiger partial charge in [-0.1, -0.05) is 12.1 Å². The summed E-state index contributed by atoms with van der Waals surface area (Å²) in [6, 6.07) is 7.37. The lowest BCUT2D eigenvalue weighted by Crippen LogP contribution is -2.40. The monoisotopic (exact) mass is 331 g/mol. The molecule has 24 heavy (non-hydrogen) atoms. The Kier molecular flexibility index (Phi) is 4.76. The molecule has 3 amide bonds. The second-order valence-electron chi connectivity index (χ2n) is 6.69. The van der Waals surface area contributed by atoms with Gasteiger partial charge in [0.1, 0.15) is 11.8 Å². The Morgan fingerprint density at radius 1 is 1.21 bits per heavy atom. The number of methoxy groups -OCH3 is 1. The number of ether oxygens (including phenoxy) is 1. The van der Waals surface area contributed by atoms with Gasteiger partial charge in [-0.05, 0) is 51.1 Å². The predicted molar refractivity (Wildman–Crippen MR) is 90.9 cm³/mol. The maximum absolute atomic E-state index is 12.7. The summed E-state index contributed by atoms with van der Waals surface area (Å²) < 4.78 is 5.20. The summed E-state index contributed by atoms with van der Waals surface area (Å²) in [5.41, 5.74) is 1.06. The van der Waals surface area contributed by atoms with Gasteiger partial charge < -0.3 is 14.5 Å². The molecule has 0 radical (unpaired) electrons. The van der Waals surface area contributed by atoms with Gasteiger partial charge in [0, 0.05) is 6.54 Å². The molecule has 130 valence electrons.